The second-order valence-electron chi connectivity index (χ2n) is 2.82. The molecule has 1 heteroatoms. The fraction of sp³-hybridized carbons (Fsp3) is 0.875. The minimum atomic E-state index is 0.712. The van der Waals surface area contributed by atoms with E-state index in [4.69, 9.17) is 4.74 Å². The third-order valence-electron chi connectivity index (χ3n) is 2.12. The molecule has 1 rings (SSSR count). The van der Waals surface area contributed by atoms with Gasteiger partial charge >= 0.3 is 0 Å². The zero-order chi connectivity index (χ0) is 6.69. The second kappa shape index (κ2) is 3.21. The van der Waals surface area contributed by atoms with Crippen LogP contribution in [0.1, 0.15) is 32.6 Å². The first-order valence-corrected chi connectivity index (χ1v) is 3.74. The fourth-order valence-corrected chi connectivity index (χ4v) is 1.46. The highest BCUT2D eigenvalue weighted by atomic mass is 16.5. The highest BCUT2D eigenvalue weighted by Gasteiger charge is 2.21. The fourth-order valence-electron chi connectivity index (χ4n) is 1.46. The predicted octanol–water partition coefficient (Wildman–Crippen LogP) is 2.37. The summed E-state index contributed by atoms with van der Waals surface area (Å²) in [6.07, 6.45) is 6.53. The lowest BCUT2D eigenvalue weighted by Gasteiger charge is -2.25. The van der Waals surface area contributed by atoms with Gasteiger partial charge in [-0.05, 0) is 18.8 Å². The van der Waals surface area contributed by atoms with Gasteiger partial charge in [-0.2, -0.15) is 0 Å². The summed E-state index contributed by atoms with van der Waals surface area (Å²) in [5, 5.41) is 0. The van der Waals surface area contributed by atoms with Crippen LogP contribution < -0.4 is 0 Å². The zero-order valence-corrected chi connectivity index (χ0v) is 6.31. The standard InChI is InChI=1S/C8H15O/c1-7-5-3-4-6-8(7)9-2/h7H,3-6H2,1-2H3. The Morgan fingerprint density at radius 3 is 2.67 bits per heavy atom. The average molecular weight is 127 g/mol. The molecule has 0 aromatic carbocycles. The lowest BCUT2D eigenvalue weighted by molar-refractivity contribution is 0.128. The molecule has 0 spiro atoms. The molecule has 0 aromatic rings. The quantitative estimate of drug-likeness (QED) is 0.525. The molecule has 0 heterocycles. The highest BCUT2D eigenvalue weighted by Crippen LogP contribution is 2.31. The lowest BCUT2D eigenvalue weighted by Crippen LogP contribution is -2.15. The average Bonchev–Trinajstić information content (AvgIpc) is 1.89. The van der Waals surface area contributed by atoms with Crippen molar-refractivity contribution >= 4 is 0 Å². The SMILES string of the molecule is CO[C]1CCCCC1C. The van der Waals surface area contributed by atoms with Crippen LogP contribution in [0.2, 0.25) is 0 Å². The van der Waals surface area contributed by atoms with Crippen molar-refractivity contribution in [3.05, 3.63) is 6.10 Å². The van der Waals surface area contributed by atoms with Crippen molar-refractivity contribution in [3.8, 4) is 0 Å². The monoisotopic (exact) mass is 127 g/mol. The molecule has 9 heavy (non-hydrogen) atoms. The van der Waals surface area contributed by atoms with E-state index in [9.17, 15) is 0 Å². The second-order valence-corrected chi connectivity index (χ2v) is 2.82. The van der Waals surface area contributed by atoms with Gasteiger partial charge in [0.2, 0.25) is 0 Å². The molecule has 1 nitrogen and oxygen atoms in total. The number of rotatable bonds is 1. The van der Waals surface area contributed by atoms with Gasteiger partial charge < -0.3 is 4.74 Å². The van der Waals surface area contributed by atoms with Crippen molar-refractivity contribution < 1.29 is 4.74 Å². The zero-order valence-electron chi connectivity index (χ0n) is 6.31. The van der Waals surface area contributed by atoms with Crippen molar-refractivity contribution in [2.75, 3.05) is 7.11 Å². The number of ether oxygens (including phenoxy) is 1. The largest absolute Gasteiger partial charge is 0.375 e. The van der Waals surface area contributed by atoms with Gasteiger partial charge in [0.15, 0.2) is 0 Å². The molecule has 0 bridgehead atoms. The Balaban J connectivity index is 2.30. The van der Waals surface area contributed by atoms with Crippen LogP contribution in [-0.4, -0.2) is 7.11 Å². The van der Waals surface area contributed by atoms with Crippen molar-refractivity contribution in [2.45, 2.75) is 32.6 Å². The molecule has 1 radical (unpaired) electrons. The summed E-state index contributed by atoms with van der Waals surface area (Å²) < 4.78 is 5.22. The molecule has 0 saturated heterocycles. The summed E-state index contributed by atoms with van der Waals surface area (Å²) >= 11 is 0. The topological polar surface area (TPSA) is 9.23 Å². The van der Waals surface area contributed by atoms with Crippen molar-refractivity contribution in [2.24, 2.45) is 5.92 Å². The van der Waals surface area contributed by atoms with Crippen molar-refractivity contribution in [1.82, 2.24) is 0 Å². The molecule has 0 aliphatic heterocycles. The van der Waals surface area contributed by atoms with E-state index < -0.39 is 0 Å². The Labute approximate surface area is 57.4 Å². The van der Waals surface area contributed by atoms with Crippen LogP contribution in [0.4, 0.5) is 0 Å². The Morgan fingerprint density at radius 1 is 1.44 bits per heavy atom. The number of hydrogen-bond donors (Lipinski definition) is 0. The molecular weight excluding hydrogens is 112 g/mol. The maximum Gasteiger partial charge on any atom is 0.0994 e. The normalized spacial score (nSPS) is 30.7. The third kappa shape index (κ3) is 1.68. The first-order chi connectivity index (χ1) is 4.34. The van der Waals surface area contributed by atoms with E-state index in [1.165, 1.54) is 31.8 Å². The van der Waals surface area contributed by atoms with E-state index in [-0.39, 0.29) is 0 Å². The smallest absolute Gasteiger partial charge is 0.0994 e. The summed E-state index contributed by atoms with van der Waals surface area (Å²) in [6, 6.07) is 0. The summed E-state index contributed by atoms with van der Waals surface area (Å²) in [6.45, 7) is 2.25. The van der Waals surface area contributed by atoms with Crippen molar-refractivity contribution in [3.63, 3.8) is 0 Å². The van der Waals surface area contributed by atoms with Gasteiger partial charge in [-0.15, -0.1) is 0 Å². The first-order valence-electron chi connectivity index (χ1n) is 3.74. The van der Waals surface area contributed by atoms with Crippen LogP contribution in [0.5, 0.6) is 0 Å². The lowest BCUT2D eigenvalue weighted by atomic mass is 9.88. The van der Waals surface area contributed by atoms with E-state index in [1.54, 1.807) is 7.11 Å². The Hall–Kier alpha value is -0.0400. The van der Waals surface area contributed by atoms with Gasteiger partial charge in [0.25, 0.3) is 0 Å². The van der Waals surface area contributed by atoms with E-state index in [1.807, 2.05) is 0 Å². The van der Waals surface area contributed by atoms with E-state index in [2.05, 4.69) is 6.92 Å². The Morgan fingerprint density at radius 2 is 2.22 bits per heavy atom. The van der Waals surface area contributed by atoms with Crippen LogP contribution >= 0.6 is 0 Å². The van der Waals surface area contributed by atoms with Crippen LogP contribution in [0.25, 0.3) is 0 Å². The molecule has 0 aromatic heterocycles. The summed E-state index contributed by atoms with van der Waals surface area (Å²) in [7, 11) is 1.79. The van der Waals surface area contributed by atoms with Crippen LogP contribution in [-0.2, 0) is 4.74 Å². The summed E-state index contributed by atoms with van der Waals surface area (Å²) in [5.74, 6) is 0.712. The first kappa shape index (κ1) is 7.07. The van der Waals surface area contributed by atoms with E-state index >= 15 is 0 Å². The maximum absolute atomic E-state index is 5.22. The molecule has 1 saturated carbocycles. The van der Waals surface area contributed by atoms with Crippen LogP contribution in [0.3, 0.4) is 0 Å². The van der Waals surface area contributed by atoms with Crippen molar-refractivity contribution in [1.29, 1.82) is 0 Å². The minimum Gasteiger partial charge on any atom is -0.375 e. The molecule has 0 amide bonds. The number of hydrogen-bond acceptors (Lipinski definition) is 1. The van der Waals surface area contributed by atoms with E-state index in [0.29, 0.717) is 5.92 Å². The molecule has 1 atom stereocenters. The summed E-state index contributed by atoms with van der Waals surface area (Å²) in [5.41, 5.74) is 0. The third-order valence-corrected chi connectivity index (χ3v) is 2.12. The van der Waals surface area contributed by atoms with Crippen LogP contribution in [0, 0.1) is 12.0 Å². The molecule has 1 fully saturated rings. The molecule has 1 aliphatic carbocycles. The van der Waals surface area contributed by atoms with Gasteiger partial charge in [-0.1, -0.05) is 19.8 Å². The number of methoxy groups -OCH3 is 1. The molecule has 0 N–H and O–H groups in total. The van der Waals surface area contributed by atoms with Gasteiger partial charge in [0.05, 0.1) is 6.10 Å². The molecule has 53 valence electrons. The van der Waals surface area contributed by atoms with E-state index in [0.717, 1.165) is 0 Å². The van der Waals surface area contributed by atoms with Gasteiger partial charge in [-0.25, -0.2) is 0 Å². The predicted molar refractivity (Wildman–Crippen MR) is 37.9 cm³/mol. The summed E-state index contributed by atoms with van der Waals surface area (Å²) in [4.78, 5) is 0. The molecule has 1 aliphatic rings. The molecule has 1 unspecified atom stereocenters. The highest BCUT2D eigenvalue weighted by molar-refractivity contribution is 4.87. The minimum absolute atomic E-state index is 0.712. The Kier molecular flexibility index (Phi) is 2.52. The maximum atomic E-state index is 5.22. The van der Waals surface area contributed by atoms with Crippen LogP contribution in [0.15, 0.2) is 0 Å². The Bertz CT molecular complexity index is 80.6. The molecular formula is C8H15O. The van der Waals surface area contributed by atoms with Gasteiger partial charge in [0.1, 0.15) is 0 Å². The van der Waals surface area contributed by atoms with Gasteiger partial charge in [-0.3, -0.25) is 0 Å². The van der Waals surface area contributed by atoms with Gasteiger partial charge in [0, 0.05) is 7.11 Å².